The minimum absolute atomic E-state index is 0.203. The molecule has 0 saturated carbocycles. The standard InChI is InChI=1S/C17H28N2O/c1-12(2)11-19-9-8-16(18)17(19)14-6-5-7-15(10-14)20-13(3)4/h5-7,10,12-13,16-17H,8-9,11,18H2,1-4H3. The van der Waals surface area contributed by atoms with Crippen molar-refractivity contribution in [1.29, 1.82) is 0 Å². The highest BCUT2D eigenvalue weighted by molar-refractivity contribution is 5.32. The zero-order chi connectivity index (χ0) is 14.7. The molecule has 1 aromatic carbocycles. The van der Waals surface area contributed by atoms with Crippen LogP contribution in [0.5, 0.6) is 5.75 Å². The molecule has 0 bridgehead atoms. The first-order valence-corrected chi connectivity index (χ1v) is 7.73. The van der Waals surface area contributed by atoms with Crippen molar-refractivity contribution in [3.8, 4) is 5.75 Å². The first-order chi connectivity index (χ1) is 9.47. The quantitative estimate of drug-likeness (QED) is 0.897. The molecule has 1 saturated heterocycles. The Labute approximate surface area is 123 Å². The van der Waals surface area contributed by atoms with E-state index in [4.69, 9.17) is 10.5 Å². The predicted molar refractivity (Wildman–Crippen MR) is 84.0 cm³/mol. The van der Waals surface area contributed by atoms with E-state index in [2.05, 4.69) is 50.8 Å². The first-order valence-electron chi connectivity index (χ1n) is 7.73. The second-order valence-electron chi connectivity index (χ2n) is 6.53. The summed E-state index contributed by atoms with van der Waals surface area (Å²) in [6.07, 6.45) is 1.28. The van der Waals surface area contributed by atoms with Gasteiger partial charge in [-0.1, -0.05) is 26.0 Å². The van der Waals surface area contributed by atoms with E-state index < -0.39 is 0 Å². The van der Waals surface area contributed by atoms with Gasteiger partial charge in [0.25, 0.3) is 0 Å². The highest BCUT2D eigenvalue weighted by Crippen LogP contribution is 2.33. The summed E-state index contributed by atoms with van der Waals surface area (Å²) in [5, 5.41) is 0. The van der Waals surface area contributed by atoms with Gasteiger partial charge in [0.05, 0.1) is 12.1 Å². The Balaban J connectivity index is 2.19. The Kier molecular flexibility index (Phi) is 5.06. The Morgan fingerprint density at radius 3 is 2.70 bits per heavy atom. The molecule has 2 unspecified atom stereocenters. The van der Waals surface area contributed by atoms with Crippen LogP contribution >= 0.6 is 0 Å². The lowest BCUT2D eigenvalue weighted by Crippen LogP contribution is -2.33. The highest BCUT2D eigenvalue weighted by Gasteiger charge is 2.33. The normalized spacial score (nSPS) is 23.8. The van der Waals surface area contributed by atoms with Crippen LogP contribution in [0.4, 0.5) is 0 Å². The monoisotopic (exact) mass is 276 g/mol. The molecule has 112 valence electrons. The number of ether oxygens (including phenoxy) is 1. The van der Waals surface area contributed by atoms with Gasteiger partial charge in [-0.2, -0.15) is 0 Å². The minimum atomic E-state index is 0.203. The molecule has 3 heteroatoms. The van der Waals surface area contributed by atoms with Crippen molar-refractivity contribution < 1.29 is 4.74 Å². The van der Waals surface area contributed by atoms with Gasteiger partial charge in [0.2, 0.25) is 0 Å². The number of nitrogens with zero attached hydrogens (tertiary/aromatic N) is 1. The van der Waals surface area contributed by atoms with E-state index in [9.17, 15) is 0 Å². The van der Waals surface area contributed by atoms with Crippen molar-refractivity contribution in [2.45, 2.75) is 52.3 Å². The second-order valence-corrected chi connectivity index (χ2v) is 6.53. The van der Waals surface area contributed by atoms with Crippen LogP contribution in [0, 0.1) is 5.92 Å². The molecule has 1 aliphatic rings. The zero-order valence-electron chi connectivity index (χ0n) is 13.2. The molecule has 0 aliphatic carbocycles. The van der Waals surface area contributed by atoms with Crippen molar-refractivity contribution in [3.63, 3.8) is 0 Å². The number of nitrogens with two attached hydrogens (primary N) is 1. The van der Waals surface area contributed by atoms with Crippen LogP contribution in [0.1, 0.15) is 45.7 Å². The lowest BCUT2D eigenvalue weighted by atomic mass is 10.00. The molecule has 1 fully saturated rings. The van der Waals surface area contributed by atoms with E-state index in [0.717, 1.165) is 25.3 Å². The number of rotatable bonds is 5. The van der Waals surface area contributed by atoms with E-state index in [-0.39, 0.29) is 12.1 Å². The molecule has 2 N–H and O–H groups in total. The lowest BCUT2D eigenvalue weighted by Gasteiger charge is -2.29. The van der Waals surface area contributed by atoms with E-state index in [1.165, 1.54) is 5.56 Å². The van der Waals surface area contributed by atoms with Gasteiger partial charge in [0.15, 0.2) is 0 Å². The maximum Gasteiger partial charge on any atom is 0.120 e. The summed E-state index contributed by atoms with van der Waals surface area (Å²) in [4.78, 5) is 2.52. The van der Waals surface area contributed by atoms with Gasteiger partial charge in [-0.25, -0.2) is 0 Å². The van der Waals surface area contributed by atoms with Crippen LogP contribution in [0.25, 0.3) is 0 Å². The van der Waals surface area contributed by atoms with Gasteiger partial charge in [-0.05, 0) is 43.9 Å². The molecule has 0 radical (unpaired) electrons. The minimum Gasteiger partial charge on any atom is -0.491 e. The van der Waals surface area contributed by atoms with Gasteiger partial charge in [0, 0.05) is 19.1 Å². The molecule has 2 atom stereocenters. The zero-order valence-corrected chi connectivity index (χ0v) is 13.2. The fourth-order valence-electron chi connectivity index (χ4n) is 3.06. The average Bonchev–Trinajstić information content (AvgIpc) is 2.69. The molecule has 0 aromatic heterocycles. The fraction of sp³-hybridized carbons (Fsp3) is 0.647. The number of likely N-dealkylation sites (tertiary alicyclic amines) is 1. The molecule has 2 rings (SSSR count). The van der Waals surface area contributed by atoms with Crippen molar-refractivity contribution in [2.24, 2.45) is 11.7 Å². The second kappa shape index (κ2) is 6.59. The van der Waals surface area contributed by atoms with Crippen LogP contribution in [-0.2, 0) is 0 Å². The van der Waals surface area contributed by atoms with E-state index in [0.29, 0.717) is 12.0 Å². The summed E-state index contributed by atoms with van der Waals surface area (Å²) in [5.41, 5.74) is 7.63. The summed E-state index contributed by atoms with van der Waals surface area (Å²) >= 11 is 0. The van der Waals surface area contributed by atoms with Crippen LogP contribution in [-0.4, -0.2) is 30.1 Å². The highest BCUT2D eigenvalue weighted by atomic mass is 16.5. The van der Waals surface area contributed by atoms with Gasteiger partial charge in [-0.3, -0.25) is 4.90 Å². The molecule has 1 heterocycles. The van der Waals surface area contributed by atoms with Crippen molar-refractivity contribution in [2.75, 3.05) is 13.1 Å². The maximum absolute atomic E-state index is 6.35. The third-order valence-electron chi connectivity index (χ3n) is 3.72. The number of hydrogen-bond acceptors (Lipinski definition) is 3. The average molecular weight is 276 g/mol. The van der Waals surface area contributed by atoms with Crippen LogP contribution in [0.15, 0.2) is 24.3 Å². The molecule has 3 nitrogen and oxygen atoms in total. The van der Waals surface area contributed by atoms with Gasteiger partial charge >= 0.3 is 0 Å². The largest absolute Gasteiger partial charge is 0.491 e. The van der Waals surface area contributed by atoms with E-state index >= 15 is 0 Å². The number of benzene rings is 1. The summed E-state index contributed by atoms with van der Waals surface area (Å²) in [6, 6.07) is 8.98. The Hall–Kier alpha value is -1.06. The van der Waals surface area contributed by atoms with Crippen LogP contribution in [0.2, 0.25) is 0 Å². The fourth-order valence-corrected chi connectivity index (χ4v) is 3.06. The lowest BCUT2D eigenvalue weighted by molar-refractivity contribution is 0.218. The maximum atomic E-state index is 6.35. The van der Waals surface area contributed by atoms with Crippen LogP contribution < -0.4 is 10.5 Å². The molecule has 0 amide bonds. The van der Waals surface area contributed by atoms with E-state index in [1.807, 2.05) is 6.07 Å². The molecular formula is C17H28N2O. The summed E-state index contributed by atoms with van der Waals surface area (Å²) in [6.45, 7) is 10.8. The Morgan fingerprint density at radius 2 is 2.05 bits per heavy atom. The molecule has 20 heavy (non-hydrogen) atoms. The topological polar surface area (TPSA) is 38.5 Å². The predicted octanol–water partition coefficient (Wildman–Crippen LogP) is 3.20. The SMILES string of the molecule is CC(C)CN1CCC(N)C1c1cccc(OC(C)C)c1. The van der Waals surface area contributed by atoms with Gasteiger partial charge in [-0.15, -0.1) is 0 Å². The van der Waals surface area contributed by atoms with E-state index in [1.54, 1.807) is 0 Å². The molecular weight excluding hydrogens is 248 g/mol. The Bertz CT molecular complexity index is 431. The van der Waals surface area contributed by atoms with Crippen molar-refractivity contribution >= 4 is 0 Å². The van der Waals surface area contributed by atoms with Crippen molar-refractivity contribution in [1.82, 2.24) is 4.90 Å². The third-order valence-corrected chi connectivity index (χ3v) is 3.72. The van der Waals surface area contributed by atoms with Crippen molar-refractivity contribution in [3.05, 3.63) is 29.8 Å². The summed E-state index contributed by atoms with van der Waals surface area (Å²) in [7, 11) is 0. The third kappa shape index (κ3) is 3.74. The van der Waals surface area contributed by atoms with Gasteiger partial charge in [0.1, 0.15) is 5.75 Å². The smallest absolute Gasteiger partial charge is 0.120 e. The first kappa shape index (κ1) is 15.3. The number of hydrogen-bond donors (Lipinski definition) is 1. The Morgan fingerprint density at radius 1 is 1.30 bits per heavy atom. The molecule has 1 aromatic rings. The molecule has 1 aliphatic heterocycles. The molecule has 0 spiro atoms. The van der Waals surface area contributed by atoms with Crippen LogP contribution in [0.3, 0.4) is 0 Å². The van der Waals surface area contributed by atoms with Gasteiger partial charge < -0.3 is 10.5 Å². The summed E-state index contributed by atoms with van der Waals surface area (Å²) < 4.78 is 5.81. The summed E-state index contributed by atoms with van der Waals surface area (Å²) in [5.74, 6) is 1.61.